The molecule has 1 spiro atoms. The zero-order chi connectivity index (χ0) is 16.8. The van der Waals surface area contributed by atoms with Crippen LogP contribution in [-0.2, 0) is 33.3 Å². The minimum atomic E-state index is -0.999. The van der Waals surface area contributed by atoms with Crippen LogP contribution in [-0.4, -0.2) is 49.4 Å². The van der Waals surface area contributed by atoms with Crippen LogP contribution in [0.5, 0.6) is 0 Å². The molecule has 0 aromatic carbocycles. The third kappa shape index (κ3) is 2.17. The molecule has 0 aromatic rings. The number of rotatable bonds is 5. The van der Waals surface area contributed by atoms with Gasteiger partial charge in [-0.05, 0) is 26.7 Å². The topological polar surface area (TPSA) is 88.1 Å². The molecule has 0 saturated carbocycles. The van der Waals surface area contributed by atoms with E-state index >= 15 is 0 Å². The third-order valence-electron chi connectivity index (χ3n) is 5.17. The molecule has 7 nitrogen and oxygen atoms in total. The average molecular weight is 324 g/mol. The molecule has 0 N–H and O–H groups in total. The van der Waals surface area contributed by atoms with Gasteiger partial charge in [0, 0.05) is 5.57 Å². The van der Waals surface area contributed by atoms with Crippen LogP contribution in [0.25, 0.3) is 0 Å². The first kappa shape index (κ1) is 16.0. The summed E-state index contributed by atoms with van der Waals surface area (Å²) in [6.07, 6.45) is 1.09. The Bertz CT molecular complexity index is 583. The van der Waals surface area contributed by atoms with E-state index in [1.54, 1.807) is 6.92 Å². The van der Waals surface area contributed by atoms with E-state index in [0.29, 0.717) is 12.8 Å². The molecular formula is C16H20O7. The van der Waals surface area contributed by atoms with Gasteiger partial charge in [-0.1, -0.05) is 6.58 Å². The smallest absolute Gasteiger partial charge is 0.333 e. The standard InChI is InChI=1S/C16H20O7/c1-9(2)12(17)20-6-7-21-13(18)11-10-4-5-16(23-10)8-22-14(19)15(11,16)3/h10-11H,1,4-8H2,2-3H3. The highest BCUT2D eigenvalue weighted by molar-refractivity contribution is 5.90. The predicted molar refractivity (Wildman–Crippen MR) is 76.1 cm³/mol. The van der Waals surface area contributed by atoms with E-state index in [9.17, 15) is 14.4 Å². The lowest BCUT2D eigenvalue weighted by Gasteiger charge is -2.34. The Morgan fingerprint density at radius 3 is 2.74 bits per heavy atom. The van der Waals surface area contributed by atoms with Crippen molar-refractivity contribution >= 4 is 17.9 Å². The van der Waals surface area contributed by atoms with E-state index < -0.39 is 34.8 Å². The summed E-state index contributed by atoms with van der Waals surface area (Å²) in [6, 6.07) is 0. The number of carbonyl (C=O) groups is 3. The fourth-order valence-corrected chi connectivity index (χ4v) is 3.83. The summed E-state index contributed by atoms with van der Waals surface area (Å²) >= 11 is 0. The molecule has 3 fully saturated rings. The van der Waals surface area contributed by atoms with Crippen LogP contribution in [0.1, 0.15) is 26.7 Å². The number of ether oxygens (including phenoxy) is 4. The van der Waals surface area contributed by atoms with Crippen molar-refractivity contribution in [3.63, 3.8) is 0 Å². The van der Waals surface area contributed by atoms with Crippen molar-refractivity contribution in [2.75, 3.05) is 19.8 Å². The minimum absolute atomic E-state index is 0.0536. The van der Waals surface area contributed by atoms with Gasteiger partial charge in [0.25, 0.3) is 0 Å². The second-order valence-electron chi connectivity index (χ2n) is 6.53. The quantitative estimate of drug-likeness (QED) is 0.319. The van der Waals surface area contributed by atoms with Gasteiger partial charge in [0.1, 0.15) is 36.8 Å². The number of cyclic esters (lactones) is 1. The molecule has 3 rings (SSSR count). The van der Waals surface area contributed by atoms with Crippen molar-refractivity contribution in [1.29, 1.82) is 0 Å². The second-order valence-corrected chi connectivity index (χ2v) is 6.53. The summed E-state index contributed by atoms with van der Waals surface area (Å²) in [4.78, 5) is 35.9. The molecule has 3 saturated heterocycles. The molecule has 0 amide bonds. The monoisotopic (exact) mass is 324 g/mol. The molecule has 4 unspecified atom stereocenters. The molecule has 23 heavy (non-hydrogen) atoms. The van der Waals surface area contributed by atoms with Crippen LogP contribution in [0.3, 0.4) is 0 Å². The lowest BCUT2D eigenvalue weighted by atomic mass is 9.62. The Balaban J connectivity index is 1.61. The van der Waals surface area contributed by atoms with Crippen LogP contribution in [0.15, 0.2) is 12.2 Å². The van der Waals surface area contributed by atoms with E-state index in [2.05, 4.69) is 6.58 Å². The fraction of sp³-hybridized carbons (Fsp3) is 0.688. The maximum Gasteiger partial charge on any atom is 0.333 e. The first-order valence-corrected chi connectivity index (χ1v) is 7.66. The molecule has 7 heteroatoms. The summed E-state index contributed by atoms with van der Waals surface area (Å²) in [5, 5.41) is 0. The third-order valence-corrected chi connectivity index (χ3v) is 5.17. The normalized spacial score (nSPS) is 37.2. The molecule has 0 radical (unpaired) electrons. The summed E-state index contributed by atoms with van der Waals surface area (Å²) in [5.74, 6) is -2.13. The van der Waals surface area contributed by atoms with E-state index in [-0.39, 0.29) is 31.5 Å². The van der Waals surface area contributed by atoms with Gasteiger partial charge >= 0.3 is 17.9 Å². The van der Waals surface area contributed by atoms with E-state index in [4.69, 9.17) is 18.9 Å². The van der Waals surface area contributed by atoms with Crippen molar-refractivity contribution in [2.45, 2.75) is 38.4 Å². The average Bonchev–Trinajstić information content (AvgIpc) is 3.11. The SMILES string of the molecule is C=C(C)C(=O)OCCOC(=O)C1C2CCC3(COC(=O)C13C)O2. The largest absolute Gasteiger partial charge is 0.462 e. The van der Waals surface area contributed by atoms with Gasteiger partial charge in [0.15, 0.2) is 0 Å². The van der Waals surface area contributed by atoms with E-state index in [0.717, 1.165) is 0 Å². The highest BCUT2D eigenvalue weighted by atomic mass is 16.6. The summed E-state index contributed by atoms with van der Waals surface area (Å²) in [5.41, 5.74) is -1.42. The van der Waals surface area contributed by atoms with Crippen LogP contribution >= 0.6 is 0 Å². The molecule has 3 aliphatic heterocycles. The van der Waals surface area contributed by atoms with Gasteiger partial charge in [-0.25, -0.2) is 4.79 Å². The molecule has 4 atom stereocenters. The van der Waals surface area contributed by atoms with Crippen molar-refractivity contribution in [3.8, 4) is 0 Å². The number of hydrogen-bond acceptors (Lipinski definition) is 7. The maximum absolute atomic E-state index is 12.4. The van der Waals surface area contributed by atoms with Crippen LogP contribution in [0.2, 0.25) is 0 Å². The Labute approximate surface area is 133 Å². The molecule has 3 aliphatic rings. The molecule has 3 heterocycles. The summed E-state index contributed by atoms with van der Waals surface area (Å²) in [7, 11) is 0. The molecule has 2 bridgehead atoms. The first-order chi connectivity index (χ1) is 10.8. The highest BCUT2D eigenvalue weighted by Gasteiger charge is 2.76. The van der Waals surface area contributed by atoms with Crippen molar-refractivity contribution in [2.24, 2.45) is 11.3 Å². The number of carbonyl (C=O) groups excluding carboxylic acids is 3. The van der Waals surface area contributed by atoms with Crippen LogP contribution in [0.4, 0.5) is 0 Å². The number of fused-ring (bicyclic) bond motifs is 1. The Morgan fingerprint density at radius 2 is 2.04 bits per heavy atom. The van der Waals surface area contributed by atoms with Crippen molar-refractivity contribution < 1.29 is 33.3 Å². The lowest BCUT2D eigenvalue weighted by molar-refractivity contribution is -0.164. The van der Waals surface area contributed by atoms with Gasteiger partial charge in [-0.2, -0.15) is 0 Å². The lowest BCUT2D eigenvalue weighted by Crippen LogP contribution is -2.51. The van der Waals surface area contributed by atoms with Crippen molar-refractivity contribution in [1.82, 2.24) is 0 Å². The van der Waals surface area contributed by atoms with E-state index in [1.807, 2.05) is 0 Å². The molecule has 126 valence electrons. The minimum Gasteiger partial charge on any atom is -0.462 e. The van der Waals surface area contributed by atoms with Gasteiger partial charge in [0.05, 0.1) is 6.10 Å². The molecule has 0 aromatic heterocycles. The van der Waals surface area contributed by atoms with Gasteiger partial charge in [-0.15, -0.1) is 0 Å². The van der Waals surface area contributed by atoms with Gasteiger partial charge < -0.3 is 18.9 Å². The van der Waals surface area contributed by atoms with Crippen LogP contribution < -0.4 is 0 Å². The number of esters is 3. The van der Waals surface area contributed by atoms with Gasteiger partial charge in [-0.3, -0.25) is 9.59 Å². The van der Waals surface area contributed by atoms with Crippen molar-refractivity contribution in [3.05, 3.63) is 12.2 Å². The summed E-state index contributed by atoms with van der Waals surface area (Å²) in [6.45, 7) is 6.78. The zero-order valence-electron chi connectivity index (χ0n) is 13.3. The molecular weight excluding hydrogens is 304 g/mol. The fourth-order valence-electron chi connectivity index (χ4n) is 3.83. The highest BCUT2D eigenvalue weighted by Crippen LogP contribution is 2.62. The maximum atomic E-state index is 12.4. The zero-order valence-corrected chi connectivity index (χ0v) is 13.3. The Hall–Kier alpha value is -1.89. The Morgan fingerprint density at radius 1 is 1.35 bits per heavy atom. The first-order valence-electron chi connectivity index (χ1n) is 7.66. The van der Waals surface area contributed by atoms with Gasteiger partial charge in [0.2, 0.25) is 0 Å². The Kier molecular flexibility index (Phi) is 3.71. The second kappa shape index (κ2) is 5.33. The number of hydrogen-bond donors (Lipinski definition) is 0. The summed E-state index contributed by atoms with van der Waals surface area (Å²) < 4.78 is 21.1. The van der Waals surface area contributed by atoms with Crippen LogP contribution in [0, 0.1) is 11.3 Å². The van der Waals surface area contributed by atoms with E-state index in [1.165, 1.54) is 6.92 Å². The molecule has 0 aliphatic carbocycles. The predicted octanol–water partition coefficient (Wildman–Crippen LogP) is 0.760.